The van der Waals surface area contributed by atoms with E-state index in [-0.39, 0.29) is 5.91 Å². The van der Waals surface area contributed by atoms with Crippen molar-refractivity contribution >= 4 is 34.8 Å². The third kappa shape index (κ3) is 2.31. The van der Waals surface area contributed by atoms with E-state index in [1.165, 1.54) is 0 Å². The first-order valence-electron chi connectivity index (χ1n) is 6.51. The Morgan fingerprint density at radius 1 is 1.25 bits per heavy atom. The van der Waals surface area contributed by atoms with E-state index in [2.05, 4.69) is 5.32 Å². The third-order valence-corrected chi connectivity index (χ3v) is 4.87. The van der Waals surface area contributed by atoms with Crippen LogP contribution in [-0.4, -0.2) is 23.5 Å². The number of carbonyl (C=O) groups is 1. The van der Waals surface area contributed by atoms with Crippen molar-refractivity contribution in [3.63, 3.8) is 0 Å². The smallest absolute Gasteiger partial charge is 0.233 e. The van der Waals surface area contributed by atoms with Gasteiger partial charge in [-0.3, -0.25) is 4.79 Å². The van der Waals surface area contributed by atoms with Crippen LogP contribution in [-0.2, 0) is 4.79 Å². The standard InChI is InChI=1S/C14H15Cl2NO3/c1-13(8-14(13,15)16)12(18)17-9-3-4-10-11(7-9)20-6-2-5-19-10/h3-4,7H,2,5-6,8H2,1H3,(H,17,18)/t13-/m0/s1. The fourth-order valence-corrected chi connectivity index (χ4v) is 2.86. The van der Waals surface area contributed by atoms with Crippen molar-refractivity contribution in [2.75, 3.05) is 18.5 Å². The fourth-order valence-electron chi connectivity index (χ4n) is 2.16. The first-order chi connectivity index (χ1) is 9.42. The number of hydrogen-bond acceptors (Lipinski definition) is 3. The number of anilines is 1. The maximum absolute atomic E-state index is 12.2. The van der Waals surface area contributed by atoms with E-state index in [1.54, 1.807) is 25.1 Å². The zero-order chi connectivity index (χ0) is 14.4. The second kappa shape index (κ2) is 4.71. The monoisotopic (exact) mass is 315 g/mol. The molecule has 1 atom stereocenters. The van der Waals surface area contributed by atoms with Gasteiger partial charge in [-0.2, -0.15) is 0 Å². The van der Waals surface area contributed by atoms with E-state index in [1.807, 2.05) is 0 Å². The Morgan fingerprint density at radius 3 is 2.55 bits per heavy atom. The largest absolute Gasteiger partial charge is 0.490 e. The number of benzene rings is 1. The predicted octanol–water partition coefficient (Wildman–Crippen LogP) is 3.37. The maximum Gasteiger partial charge on any atom is 0.233 e. The molecule has 1 aliphatic carbocycles. The summed E-state index contributed by atoms with van der Waals surface area (Å²) in [6, 6.07) is 5.33. The van der Waals surface area contributed by atoms with Crippen LogP contribution in [0.4, 0.5) is 5.69 Å². The average molecular weight is 316 g/mol. The molecule has 1 fully saturated rings. The van der Waals surface area contributed by atoms with Crippen molar-refractivity contribution in [3.8, 4) is 11.5 Å². The summed E-state index contributed by atoms with van der Waals surface area (Å²) < 4.78 is 10.2. The van der Waals surface area contributed by atoms with Crippen molar-refractivity contribution in [2.24, 2.45) is 5.41 Å². The van der Waals surface area contributed by atoms with Crippen LogP contribution >= 0.6 is 23.2 Å². The van der Waals surface area contributed by atoms with Gasteiger partial charge in [0.05, 0.1) is 18.6 Å². The van der Waals surface area contributed by atoms with Gasteiger partial charge < -0.3 is 14.8 Å². The molecule has 4 nitrogen and oxygen atoms in total. The van der Waals surface area contributed by atoms with E-state index < -0.39 is 9.75 Å². The van der Waals surface area contributed by atoms with Crippen molar-refractivity contribution in [1.82, 2.24) is 0 Å². The van der Waals surface area contributed by atoms with Gasteiger partial charge in [0.15, 0.2) is 11.5 Å². The first-order valence-corrected chi connectivity index (χ1v) is 7.27. The van der Waals surface area contributed by atoms with Crippen LogP contribution in [0, 0.1) is 5.41 Å². The van der Waals surface area contributed by atoms with E-state index in [4.69, 9.17) is 32.7 Å². The van der Waals surface area contributed by atoms with Crippen molar-refractivity contribution in [1.29, 1.82) is 0 Å². The van der Waals surface area contributed by atoms with Gasteiger partial charge in [0, 0.05) is 18.2 Å². The van der Waals surface area contributed by atoms with Crippen LogP contribution < -0.4 is 14.8 Å². The number of hydrogen-bond donors (Lipinski definition) is 1. The molecule has 0 aromatic heterocycles. The topological polar surface area (TPSA) is 47.6 Å². The molecule has 108 valence electrons. The lowest BCUT2D eigenvalue weighted by molar-refractivity contribution is -0.120. The molecule has 0 saturated heterocycles. The van der Waals surface area contributed by atoms with Gasteiger partial charge in [0.25, 0.3) is 0 Å². The molecule has 2 aliphatic rings. The molecule has 0 radical (unpaired) electrons. The van der Waals surface area contributed by atoms with Crippen LogP contribution in [0.1, 0.15) is 19.8 Å². The van der Waals surface area contributed by atoms with Gasteiger partial charge in [-0.15, -0.1) is 23.2 Å². The summed E-state index contributed by atoms with van der Waals surface area (Å²) in [5.41, 5.74) is -0.0863. The van der Waals surface area contributed by atoms with E-state index in [0.717, 1.165) is 6.42 Å². The molecule has 0 bridgehead atoms. The Hall–Kier alpha value is -1.13. The third-order valence-electron chi connectivity index (χ3n) is 3.76. The van der Waals surface area contributed by atoms with E-state index >= 15 is 0 Å². The summed E-state index contributed by atoms with van der Waals surface area (Å²) in [6.45, 7) is 3.00. The number of fused-ring (bicyclic) bond motifs is 1. The zero-order valence-electron chi connectivity index (χ0n) is 11.0. The predicted molar refractivity (Wildman–Crippen MR) is 77.8 cm³/mol. The molecule has 1 aromatic carbocycles. The Morgan fingerprint density at radius 2 is 1.90 bits per heavy atom. The molecule has 1 aromatic rings. The number of amides is 1. The first kappa shape index (κ1) is 13.8. The molecule has 1 heterocycles. The fraction of sp³-hybridized carbons (Fsp3) is 0.500. The lowest BCUT2D eigenvalue weighted by Crippen LogP contribution is -2.25. The highest BCUT2D eigenvalue weighted by molar-refractivity contribution is 6.53. The number of alkyl halides is 2. The van der Waals surface area contributed by atoms with Crippen LogP contribution in [0.3, 0.4) is 0 Å². The molecule has 1 amide bonds. The molecule has 1 N–H and O–H groups in total. The van der Waals surface area contributed by atoms with Crippen molar-refractivity contribution < 1.29 is 14.3 Å². The Kier molecular flexibility index (Phi) is 3.26. The molecule has 1 aliphatic heterocycles. The van der Waals surface area contributed by atoms with Crippen LogP contribution in [0.2, 0.25) is 0 Å². The van der Waals surface area contributed by atoms with Crippen LogP contribution in [0.15, 0.2) is 18.2 Å². The molecule has 0 unspecified atom stereocenters. The summed E-state index contributed by atoms with van der Waals surface area (Å²) in [5.74, 6) is 1.16. The number of nitrogens with one attached hydrogen (secondary N) is 1. The summed E-state index contributed by atoms with van der Waals surface area (Å²) in [7, 11) is 0. The summed E-state index contributed by atoms with van der Waals surface area (Å²) in [4.78, 5) is 12.2. The van der Waals surface area contributed by atoms with Gasteiger partial charge in [0.2, 0.25) is 5.91 Å². The molecular weight excluding hydrogens is 301 g/mol. The molecule has 20 heavy (non-hydrogen) atoms. The minimum Gasteiger partial charge on any atom is -0.490 e. The summed E-state index contributed by atoms with van der Waals surface area (Å²) in [5, 5.41) is 2.83. The Labute approximate surface area is 127 Å². The quantitative estimate of drug-likeness (QED) is 0.851. The highest BCUT2D eigenvalue weighted by Crippen LogP contribution is 2.64. The average Bonchev–Trinajstić information content (AvgIpc) is 3.00. The van der Waals surface area contributed by atoms with Gasteiger partial charge in [-0.1, -0.05) is 0 Å². The normalized spacial score (nSPS) is 26.6. The van der Waals surface area contributed by atoms with E-state index in [0.29, 0.717) is 36.8 Å². The van der Waals surface area contributed by atoms with Gasteiger partial charge in [-0.25, -0.2) is 0 Å². The summed E-state index contributed by atoms with van der Waals surface area (Å²) in [6.07, 6.45) is 1.30. The van der Waals surface area contributed by atoms with Crippen LogP contribution in [0.25, 0.3) is 0 Å². The van der Waals surface area contributed by atoms with Crippen molar-refractivity contribution in [2.45, 2.75) is 24.1 Å². The minimum atomic E-state index is -0.970. The van der Waals surface area contributed by atoms with E-state index in [9.17, 15) is 4.79 Å². The Bertz CT molecular complexity index is 561. The minimum absolute atomic E-state index is 0.183. The number of halogens is 2. The zero-order valence-corrected chi connectivity index (χ0v) is 12.6. The summed E-state index contributed by atoms with van der Waals surface area (Å²) >= 11 is 12.0. The Balaban J connectivity index is 1.76. The number of rotatable bonds is 2. The molecule has 3 rings (SSSR count). The number of ether oxygens (including phenoxy) is 2. The lowest BCUT2D eigenvalue weighted by Gasteiger charge is -2.14. The van der Waals surface area contributed by atoms with Crippen molar-refractivity contribution in [3.05, 3.63) is 18.2 Å². The SMILES string of the molecule is C[C@@]1(C(=O)Nc2ccc3c(c2)OCCCO3)CC1(Cl)Cl. The molecule has 0 spiro atoms. The molecular formula is C14H15Cl2NO3. The highest BCUT2D eigenvalue weighted by Gasteiger charge is 2.67. The van der Waals surface area contributed by atoms with Crippen LogP contribution in [0.5, 0.6) is 11.5 Å². The molecule has 1 saturated carbocycles. The lowest BCUT2D eigenvalue weighted by atomic mass is 10.1. The second-order valence-electron chi connectivity index (χ2n) is 5.38. The van der Waals surface area contributed by atoms with Gasteiger partial charge in [-0.05, 0) is 25.5 Å². The van der Waals surface area contributed by atoms with Gasteiger partial charge >= 0.3 is 0 Å². The number of carbonyl (C=O) groups excluding carboxylic acids is 1. The highest BCUT2D eigenvalue weighted by atomic mass is 35.5. The second-order valence-corrected chi connectivity index (χ2v) is 6.86. The van der Waals surface area contributed by atoms with Gasteiger partial charge in [0.1, 0.15) is 4.33 Å². The molecule has 6 heteroatoms. The maximum atomic E-state index is 12.2.